The molecule has 0 spiro atoms. The lowest BCUT2D eigenvalue weighted by Gasteiger charge is -2.11. The quantitative estimate of drug-likeness (QED) is 0.567. The Morgan fingerprint density at radius 1 is 1.50 bits per heavy atom. The molecular weight excluding hydrogens is 314 g/mol. The lowest BCUT2D eigenvalue weighted by Crippen LogP contribution is -2.18. The molecule has 1 aromatic carbocycles. The van der Waals surface area contributed by atoms with Gasteiger partial charge in [0.2, 0.25) is 0 Å². The van der Waals surface area contributed by atoms with Gasteiger partial charge in [0.25, 0.3) is 0 Å². The highest BCUT2D eigenvalue weighted by Crippen LogP contribution is 2.31. The highest BCUT2D eigenvalue weighted by molar-refractivity contribution is 9.10. The summed E-state index contributed by atoms with van der Waals surface area (Å²) in [6.07, 6.45) is 0. The molecule has 0 amide bonds. The summed E-state index contributed by atoms with van der Waals surface area (Å²) in [7, 11) is 1.70. The number of rotatable bonds is 8. The minimum absolute atomic E-state index is 0.192. The molecule has 0 aliphatic rings. The Balaban J connectivity index is 2.51. The largest absolute Gasteiger partial charge is 0.395 e. The third-order valence-electron chi connectivity index (χ3n) is 2.39. The predicted molar refractivity (Wildman–Crippen MR) is 80.1 cm³/mol. The van der Waals surface area contributed by atoms with Crippen molar-refractivity contribution in [3.63, 3.8) is 0 Å². The van der Waals surface area contributed by atoms with Crippen molar-refractivity contribution in [2.24, 2.45) is 0 Å². The average molecular weight is 334 g/mol. The van der Waals surface area contributed by atoms with Crippen LogP contribution in [0, 0.1) is 0 Å². The Kier molecular flexibility index (Phi) is 7.93. The molecule has 0 saturated carbocycles. The molecule has 0 aromatic heterocycles. The van der Waals surface area contributed by atoms with Crippen LogP contribution < -0.4 is 5.32 Å². The summed E-state index contributed by atoms with van der Waals surface area (Å²) < 4.78 is 6.06. The minimum atomic E-state index is 0.192. The zero-order chi connectivity index (χ0) is 13.4. The van der Waals surface area contributed by atoms with E-state index in [0.717, 1.165) is 29.1 Å². The highest BCUT2D eigenvalue weighted by Gasteiger charge is 2.07. The van der Waals surface area contributed by atoms with Crippen molar-refractivity contribution in [3.05, 3.63) is 28.2 Å². The van der Waals surface area contributed by atoms with E-state index in [0.29, 0.717) is 0 Å². The van der Waals surface area contributed by atoms with Crippen LogP contribution in [0.5, 0.6) is 0 Å². The van der Waals surface area contributed by atoms with Crippen LogP contribution in [0.4, 0.5) is 0 Å². The molecule has 0 aliphatic carbocycles. The van der Waals surface area contributed by atoms with Gasteiger partial charge in [-0.05, 0) is 33.6 Å². The van der Waals surface area contributed by atoms with Crippen LogP contribution >= 0.6 is 27.7 Å². The number of hydrogen-bond acceptors (Lipinski definition) is 4. The van der Waals surface area contributed by atoms with Gasteiger partial charge in [0.05, 0.1) is 13.2 Å². The first kappa shape index (κ1) is 16.0. The lowest BCUT2D eigenvalue weighted by atomic mass is 10.2. The maximum atomic E-state index is 9.05. The van der Waals surface area contributed by atoms with E-state index in [4.69, 9.17) is 9.84 Å². The van der Waals surface area contributed by atoms with Crippen molar-refractivity contribution >= 4 is 27.7 Å². The van der Waals surface area contributed by atoms with Gasteiger partial charge >= 0.3 is 0 Å². The zero-order valence-electron chi connectivity index (χ0n) is 10.8. The average Bonchev–Trinajstić information content (AvgIpc) is 2.37. The molecule has 18 heavy (non-hydrogen) atoms. The molecule has 2 N–H and O–H groups in total. The second-order valence-corrected chi connectivity index (χ2v) is 6.38. The SMILES string of the molecule is COCCNCc1ccc(SC(C)CO)c(Br)c1. The van der Waals surface area contributed by atoms with E-state index >= 15 is 0 Å². The van der Waals surface area contributed by atoms with Crippen LogP contribution in [0.25, 0.3) is 0 Å². The van der Waals surface area contributed by atoms with Gasteiger partial charge in [0, 0.05) is 34.8 Å². The van der Waals surface area contributed by atoms with Crippen molar-refractivity contribution in [1.29, 1.82) is 0 Å². The molecular formula is C13H20BrNO2S. The number of halogens is 1. The third kappa shape index (κ3) is 5.71. The maximum Gasteiger partial charge on any atom is 0.0587 e. The van der Waals surface area contributed by atoms with Gasteiger partial charge in [-0.3, -0.25) is 0 Å². The summed E-state index contributed by atoms with van der Waals surface area (Å²) >= 11 is 5.25. The molecule has 5 heteroatoms. The monoisotopic (exact) mass is 333 g/mol. The first-order chi connectivity index (χ1) is 8.67. The van der Waals surface area contributed by atoms with Gasteiger partial charge < -0.3 is 15.2 Å². The van der Waals surface area contributed by atoms with Gasteiger partial charge in [-0.25, -0.2) is 0 Å². The number of aliphatic hydroxyl groups is 1. The fraction of sp³-hybridized carbons (Fsp3) is 0.538. The van der Waals surface area contributed by atoms with Crippen LogP contribution in [-0.2, 0) is 11.3 Å². The topological polar surface area (TPSA) is 41.5 Å². The second-order valence-electron chi connectivity index (χ2n) is 4.05. The number of aliphatic hydroxyl groups excluding tert-OH is 1. The summed E-state index contributed by atoms with van der Waals surface area (Å²) in [5.41, 5.74) is 1.24. The van der Waals surface area contributed by atoms with Crippen LogP contribution in [0.15, 0.2) is 27.6 Å². The normalized spacial score (nSPS) is 12.7. The molecule has 1 rings (SSSR count). The molecule has 102 valence electrons. The number of benzene rings is 1. The maximum absolute atomic E-state index is 9.05. The van der Waals surface area contributed by atoms with E-state index in [-0.39, 0.29) is 11.9 Å². The number of thioether (sulfide) groups is 1. The Bertz CT molecular complexity index is 363. The summed E-state index contributed by atoms with van der Waals surface area (Å²) in [6.45, 7) is 4.62. The molecule has 0 fully saturated rings. The zero-order valence-corrected chi connectivity index (χ0v) is 13.2. The standard InChI is InChI=1S/C13H20BrNO2S/c1-10(9-16)18-13-4-3-11(7-12(13)14)8-15-5-6-17-2/h3-4,7,10,15-16H,5-6,8-9H2,1-2H3. The van der Waals surface area contributed by atoms with Crippen LogP contribution in [0.1, 0.15) is 12.5 Å². The Labute approximate surface area is 121 Å². The van der Waals surface area contributed by atoms with Gasteiger partial charge in [-0.1, -0.05) is 13.0 Å². The molecule has 1 unspecified atom stereocenters. The van der Waals surface area contributed by atoms with Gasteiger partial charge in [0.15, 0.2) is 0 Å². The van der Waals surface area contributed by atoms with Crippen LogP contribution in [0.3, 0.4) is 0 Å². The molecule has 0 aliphatic heterocycles. The summed E-state index contributed by atoms with van der Waals surface area (Å²) in [4.78, 5) is 1.16. The fourth-order valence-corrected chi connectivity index (χ4v) is 2.94. The number of ether oxygens (including phenoxy) is 1. The number of hydrogen-bond donors (Lipinski definition) is 2. The third-order valence-corrected chi connectivity index (χ3v) is 4.47. The molecule has 0 bridgehead atoms. The summed E-state index contributed by atoms with van der Waals surface area (Å²) in [5, 5.41) is 12.6. The molecule has 3 nitrogen and oxygen atoms in total. The summed E-state index contributed by atoms with van der Waals surface area (Å²) in [6, 6.07) is 6.32. The first-order valence-electron chi connectivity index (χ1n) is 5.93. The van der Waals surface area contributed by atoms with Crippen LogP contribution in [-0.4, -0.2) is 37.2 Å². The van der Waals surface area contributed by atoms with E-state index in [1.807, 2.05) is 6.92 Å². The predicted octanol–water partition coefficient (Wildman–Crippen LogP) is 2.66. The molecule has 0 radical (unpaired) electrons. The number of nitrogens with one attached hydrogen (secondary N) is 1. The Hall–Kier alpha value is -0.0700. The number of methoxy groups -OCH3 is 1. The van der Waals surface area contributed by atoms with E-state index in [1.165, 1.54) is 5.56 Å². The van der Waals surface area contributed by atoms with E-state index in [9.17, 15) is 0 Å². The molecule has 0 heterocycles. The Morgan fingerprint density at radius 3 is 2.89 bits per heavy atom. The van der Waals surface area contributed by atoms with Crippen molar-refractivity contribution in [2.75, 3.05) is 26.9 Å². The van der Waals surface area contributed by atoms with Crippen LogP contribution in [0.2, 0.25) is 0 Å². The Morgan fingerprint density at radius 2 is 2.28 bits per heavy atom. The lowest BCUT2D eigenvalue weighted by molar-refractivity contribution is 0.199. The van der Waals surface area contributed by atoms with E-state index < -0.39 is 0 Å². The van der Waals surface area contributed by atoms with Crippen molar-refractivity contribution in [3.8, 4) is 0 Å². The minimum Gasteiger partial charge on any atom is -0.395 e. The fourth-order valence-electron chi connectivity index (χ4n) is 1.41. The van der Waals surface area contributed by atoms with Gasteiger partial charge in [0.1, 0.15) is 0 Å². The van der Waals surface area contributed by atoms with Crippen molar-refractivity contribution in [1.82, 2.24) is 5.32 Å². The smallest absolute Gasteiger partial charge is 0.0587 e. The van der Waals surface area contributed by atoms with E-state index in [2.05, 4.69) is 39.4 Å². The molecule has 0 saturated heterocycles. The van der Waals surface area contributed by atoms with Crippen molar-refractivity contribution < 1.29 is 9.84 Å². The van der Waals surface area contributed by atoms with Crippen molar-refractivity contribution in [2.45, 2.75) is 23.6 Å². The highest BCUT2D eigenvalue weighted by atomic mass is 79.9. The molecule has 1 atom stereocenters. The van der Waals surface area contributed by atoms with Gasteiger partial charge in [-0.2, -0.15) is 0 Å². The van der Waals surface area contributed by atoms with E-state index in [1.54, 1.807) is 18.9 Å². The van der Waals surface area contributed by atoms with Gasteiger partial charge in [-0.15, -0.1) is 11.8 Å². The summed E-state index contributed by atoms with van der Waals surface area (Å²) in [5.74, 6) is 0. The molecule has 1 aromatic rings. The first-order valence-corrected chi connectivity index (χ1v) is 7.60. The second kappa shape index (κ2) is 8.93.